The van der Waals surface area contributed by atoms with E-state index in [0.29, 0.717) is 0 Å². The Bertz CT molecular complexity index is 569. The molecule has 0 fully saturated rings. The van der Waals surface area contributed by atoms with Crippen LogP contribution in [0, 0.1) is 19.3 Å². The van der Waals surface area contributed by atoms with Gasteiger partial charge in [-0.05, 0) is 31.9 Å². The van der Waals surface area contributed by atoms with Crippen LogP contribution in [0.1, 0.15) is 25.0 Å². The minimum atomic E-state index is 0.837. The molecule has 0 bridgehead atoms. The lowest BCUT2D eigenvalue weighted by Crippen LogP contribution is -2.06. The van der Waals surface area contributed by atoms with Crippen LogP contribution in [-0.4, -0.2) is 16.5 Å². The van der Waals surface area contributed by atoms with Gasteiger partial charge in [-0.3, -0.25) is 0 Å². The van der Waals surface area contributed by atoms with Crippen LogP contribution in [-0.2, 0) is 0 Å². The summed E-state index contributed by atoms with van der Waals surface area (Å²) in [7, 11) is 0. The predicted molar refractivity (Wildman–Crippen MR) is 75.4 cm³/mol. The summed E-state index contributed by atoms with van der Waals surface area (Å²) < 4.78 is 0. The number of hydrogen-bond acceptors (Lipinski definition) is 3. The van der Waals surface area contributed by atoms with E-state index in [9.17, 15) is 0 Å². The van der Waals surface area contributed by atoms with Crippen molar-refractivity contribution in [3.8, 4) is 12.3 Å². The summed E-state index contributed by atoms with van der Waals surface area (Å²) in [5.74, 6) is 3.52. The minimum absolute atomic E-state index is 0.837. The van der Waals surface area contributed by atoms with Crippen LogP contribution in [0.3, 0.4) is 0 Å². The topological polar surface area (TPSA) is 37.8 Å². The van der Waals surface area contributed by atoms with Crippen LogP contribution in [0.4, 0.5) is 5.82 Å². The Hall–Kier alpha value is -2.08. The van der Waals surface area contributed by atoms with Crippen LogP contribution >= 0.6 is 0 Å². The van der Waals surface area contributed by atoms with E-state index in [1.807, 2.05) is 31.2 Å². The summed E-state index contributed by atoms with van der Waals surface area (Å²) in [5, 5.41) is 3.32. The number of anilines is 1. The Morgan fingerprint density at radius 3 is 2.61 bits per heavy atom. The molecule has 1 aromatic carbocycles. The summed E-state index contributed by atoms with van der Waals surface area (Å²) in [6.45, 7) is 2.86. The zero-order chi connectivity index (χ0) is 12.8. The molecule has 0 aliphatic rings. The molecule has 92 valence electrons. The maximum Gasteiger partial charge on any atom is 0.148 e. The highest BCUT2D eigenvalue weighted by molar-refractivity contribution is 5.76. The fourth-order valence-corrected chi connectivity index (χ4v) is 1.81. The largest absolute Gasteiger partial charge is 0.369 e. The van der Waals surface area contributed by atoms with Gasteiger partial charge >= 0.3 is 0 Å². The number of aryl methyl sites for hydroxylation is 1. The first-order chi connectivity index (χ1) is 8.81. The molecule has 0 spiro atoms. The molecule has 0 saturated heterocycles. The van der Waals surface area contributed by atoms with Crippen molar-refractivity contribution in [1.82, 2.24) is 9.97 Å². The lowest BCUT2D eigenvalue weighted by Gasteiger charge is -2.08. The third kappa shape index (κ3) is 2.98. The molecule has 3 heteroatoms. The van der Waals surface area contributed by atoms with E-state index in [4.69, 9.17) is 6.42 Å². The predicted octanol–water partition coefficient (Wildman–Crippen LogP) is 3.15. The molecule has 3 nitrogen and oxygen atoms in total. The second-order valence-electron chi connectivity index (χ2n) is 4.23. The first-order valence-corrected chi connectivity index (χ1v) is 6.22. The standard InChI is InChI=1S/C15H17N3/c1-3-4-5-8-11-16-15-12(2)17-13-9-6-7-10-14(13)18-15/h1,6-7,9-10H,4-5,8,11H2,2H3,(H,16,18). The van der Waals surface area contributed by atoms with Crippen molar-refractivity contribution in [3.63, 3.8) is 0 Å². The second-order valence-corrected chi connectivity index (χ2v) is 4.23. The van der Waals surface area contributed by atoms with Crippen molar-refractivity contribution in [1.29, 1.82) is 0 Å². The van der Waals surface area contributed by atoms with Gasteiger partial charge in [-0.2, -0.15) is 0 Å². The van der Waals surface area contributed by atoms with Crippen LogP contribution in [0.15, 0.2) is 24.3 Å². The molecule has 2 aromatic rings. The molecular weight excluding hydrogens is 222 g/mol. The third-order valence-corrected chi connectivity index (χ3v) is 2.79. The average molecular weight is 239 g/mol. The molecular formula is C15H17N3. The second kappa shape index (κ2) is 6.02. The molecule has 1 aromatic heterocycles. The summed E-state index contributed by atoms with van der Waals surface area (Å²) in [4.78, 5) is 9.11. The van der Waals surface area contributed by atoms with E-state index >= 15 is 0 Å². The van der Waals surface area contributed by atoms with Crippen LogP contribution < -0.4 is 5.32 Å². The molecule has 18 heavy (non-hydrogen) atoms. The summed E-state index contributed by atoms with van der Waals surface area (Å²) in [6.07, 6.45) is 8.15. The van der Waals surface area contributed by atoms with Gasteiger partial charge < -0.3 is 5.32 Å². The SMILES string of the molecule is C#CCCCCNc1nc2ccccc2nc1C. The van der Waals surface area contributed by atoms with Crippen molar-refractivity contribution in [2.24, 2.45) is 0 Å². The highest BCUT2D eigenvalue weighted by Crippen LogP contribution is 2.15. The van der Waals surface area contributed by atoms with E-state index < -0.39 is 0 Å². The Kier molecular flexibility index (Phi) is 4.14. The Morgan fingerprint density at radius 1 is 1.17 bits per heavy atom. The van der Waals surface area contributed by atoms with E-state index in [1.54, 1.807) is 0 Å². The van der Waals surface area contributed by atoms with E-state index in [2.05, 4.69) is 21.2 Å². The highest BCUT2D eigenvalue weighted by Gasteiger charge is 2.03. The van der Waals surface area contributed by atoms with Gasteiger partial charge in [0.1, 0.15) is 5.82 Å². The first-order valence-electron chi connectivity index (χ1n) is 6.22. The van der Waals surface area contributed by atoms with E-state index in [0.717, 1.165) is 48.4 Å². The van der Waals surface area contributed by atoms with E-state index in [-0.39, 0.29) is 0 Å². The Morgan fingerprint density at radius 2 is 1.89 bits per heavy atom. The number of hydrogen-bond donors (Lipinski definition) is 1. The zero-order valence-corrected chi connectivity index (χ0v) is 10.6. The number of unbranched alkanes of at least 4 members (excludes halogenated alkanes) is 2. The average Bonchev–Trinajstić information content (AvgIpc) is 2.39. The molecule has 0 saturated carbocycles. The monoisotopic (exact) mass is 239 g/mol. The van der Waals surface area contributed by atoms with Gasteiger partial charge in [-0.15, -0.1) is 12.3 Å². The zero-order valence-electron chi connectivity index (χ0n) is 10.6. The smallest absolute Gasteiger partial charge is 0.148 e. The Balaban J connectivity index is 2.04. The minimum Gasteiger partial charge on any atom is -0.369 e. The number of para-hydroxylation sites is 2. The fourth-order valence-electron chi connectivity index (χ4n) is 1.81. The number of benzene rings is 1. The summed E-state index contributed by atoms with van der Waals surface area (Å²) >= 11 is 0. The quantitative estimate of drug-likeness (QED) is 0.643. The van der Waals surface area contributed by atoms with Crippen LogP contribution in [0.2, 0.25) is 0 Å². The van der Waals surface area contributed by atoms with Crippen LogP contribution in [0.5, 0.6) is 0 Å². The Labute approximate surface area is 108 Å². The molecule has 0 radical (unpaired) electrons. The summed E-state index contributed by atoms with van der Waals surface area (Å²) in [6, 6.07) is 7.91. The highest BCUT2D eigenvalue weighted by atomic mass is 15.0. The van der Waals surface area contributed by atoms with Gasteiger partial charge in [0.15, 0.2) is 0 Å². The molecule has 0 atom stereocenters. The number of aromatic nitrogens is 2. The van der Waals surface area contributed by atoms with Gasteiger partial charge in [-0.25, -0.2) is 9.97 Å². The summed E-state index contributed by atoms with van der Waals surface area (Å²) in [5.41, 5.74) is 2.80. The number of terminal acetylenes is 1. The molecule has 0 aliphatic carbocycles. The van der Waals surface area contributed by atoms with Gasteiger partial charge in [0.2, 0.25) is 0 Å². The van der Waals surface area contributed by atoms with Crippen molar-refractivity contribution in [2.75, 3.05) is 11.9 Å². The lowest BCUT2D eigenvalue weighted by molar-refractivity contribution is 0.786. The van der Waals surface area contributed by atoms with E-state index in [1.165, 1.54) is 0 Å². The third-order valence-electron chi connectivity index (χ3n) is 2.79. The fraction of sp³-hybridized carbons (Fsp3) is 0.333. The number of rotatable bonds is 5. The normalized spacial score (nSPS) is 10.2. The van der Waals surface area contributed by atoms with Gasteiger partial charge in [0.05, 0.1) is 16.7 Å². The molecule has 0 amide bonds. The van der Waals surface area contributed by atoms with Gasteiger partial charge in [-0.1, -0.05) is 12.1 Å². The van der Waals surface area contributed by atoms with Crippen molar-refractivity contribution in [3.05, 3.63) is 30.0 Å². The molecule has 1 heterocycles. The van der Waals surface area contributed by atoms with Crippen molar-refractivity contribution in [2.45, 2.75) is 26.2 Å². The van der Waals surface area contributed by atoms with Gasteiger partial charge in [0.25, 0.3) is 0 Å². The first kappa shape index (κ1) is 12.4. The number of fused-ring (bicyclic) bond motifs is 1. The maximum atomic E-state index is 5.22. The van der Waals surface area contributed by atoms with Crippen molar-refractivity contribution >= 4 is 16.9 Å². The number of nitrogens with zero attached hydrogens (tertiary/aromatic N) is 2. The number of nitrogens with one attached hydrogen (secondary N) is 1. The van der Waals surface area contributed by atoms with Gasteiger partial charge in [0, 0.05) is 13.0 Å². The molecule has 0 aliphatic heterocycles. The molecule has 1 N–H and O–H groups in total. The maximum absolute atomic E-state index is 5.22. The molecule has 2 rings (SSSR count). The lowest BCUT2D eigenvalue weighted by atomic mass is 10.2. The molecule has 0 unspecified atom stereocenters. The van der Waals surface area contributed by atoms with Crippen molar-refractivity contribution < 1.29 is 0 Å². The van der Waals surface area contributed by atoms with Crippen LogP contribution in [0.25, 0.3) is 11.0 Å².